The van der Waals surface area contributed by atoms with E-state index in [4.69, 9.17) is 0 Å². The van der Waals surface area contributed by atoms with Gasteiger partial charge in [0, 0.05) is 18.7 Å². The summed E-state index contributed by atoms with van der Waals surface area (Å²) in [4.78, 5) is 2.15. The molecule has 152 valence electrons. The molecule has 0 aromatic heterocycles. The zero-order chi connectivity index (χ0) is 21.7. The van der Waals surface area contributed by atoms with Crippen LogP contribution < -0.4 is 4.90 Å². The predicted octanol–water partition coefficient (Wildman–Crippen LogP) is 7.00. The van der Waals surface area contributed by atoms with Crippen molar-refractivity contribution in [2.24, 2.45) is 0 Å². The normalized spacial score (nSPS) is 10.8. The minimum absolute atomic E-state index is 0.287. The fourth-order valence-electron chi connectivity index (χ4n) is 4.50. The molecule has 3 heteroatoms. The van der Waals surface area contributed by atoms with Gasteiger partial charge in [0.1, 0.15) is 12.1 Å². The number of nitrogens with zero attached hydrogens (tertiary/aromatic N) is 3. The summed E-state index contributed by atoms with van der Waals surface area (Å²) in [6.45, 7) is 9.99. The van der Waals surface area contributed by atoms with Crippen LogP contribution in [0.15, 0.2) is 48.5 Å². The Morgan fingerprint density at radius 3 is 2.03 bits per heavy atom. The first-order valence-electron chi connectivity index (χ1n) is 10.9. The van der Waals surface area contributed by atoms with Gasteiger partial charge in [-0.1, -0.05) is 56.3 Å². The zero-order valence-electron chi connectivity index (χ0n) is 18.4. The maximum Gasteiger partial charge on any atom is 0.102 e. The molecule has 3 rings (SSSR count). The lowest BCUT2D eigenvalue weighted by Gasteiger charge is -2.28. The van der Waals surface area contributed by atoms with Crippen molar-refractivity contribution in [1.29, 1.82) is 10.5 Å². The number of benzene rings is 3. The molecule has 0 saturated heterocycles. The summed E-state index contributed by atoms with van der Waals surface area (Å²) in [5.41, 5.74) is 5.09. The highest BCUT2D eigenvalue weighted by Gasteiger charge is 2.25. The minimum Gasteiger partial charge on any atom is -0.370 e. The molecule has 0 saturated carbocycles. The Bertz CT molecular complexity index is 1120. The van der Waals surface area contributed by atoms with Gasteiger partial charge in [0.05, 0.1) is 16.8 Å². The van der Waals surface area contributed by atoms with Crippen LogP contribution in [0.25, 0.3) is 21.9 Å². The summed E-state index contributed by atoms with van der Waals surface area (Å²) in [7, 11) is 0. The van der Waals surface area contributed by atoms with Crippen LogP contribution in [0, 0.1) is 22.7 Å². The smallest absolute Gasteiger partial charge is 0.102 e. The van der Waals surface area contributed by atoms with Gasteiger partial charge < -0.3 is 4.90 Å². The number of fused-ring (bicyclic) bond motifs is 1. The van der Waals surface area contributed by atoms with Crippen molar-refractivity contribution in [2.75, 3.05) is 18.0 Å². The fourth-order valence-corrected chi connectivity index (χ4v) is 4.50. The molecule has 0 atom stereocenters. The van der Waals surface area contributed by atoms with Crippen molar-refractivity contribution in [2.45, 2.75) is 46.5 Å². The van der Waals surface area contributed by atoms with E-state index < -0.39 is 0 Å². The highest BCUT2D eigenvalue weighted by molar-refractivity contribution is 5.99. The third-order valence-electron chi connectivity index (χ3n) is 6.14. The number of anilines is 1. The SMILES string of the molecule is CCC(CC)c1cc(-c2cccc3ccccc23)c(C#N)c(N(CC)CC)c1C#N. The van der Waals surface area contributed by atoms with E-state index in [0.29, 0.717) is 11.1 Å². The maximum absolute atomic E-state index is 10.3. The molecule has 0 bridgehead atoms. The van der Waals surface area contributed by atoms with Crippen LogP contribution in [-0.2, 0) is 0 Å². The molecule has 3 aromatic rings. The Labute approximate surface area is 180 Å². The van der Waals surface area contributed by atoms with E-state index in [2.05, 4.69) is 75.1 Å². The van der Waals surface area contributed by atoms with Crippen LogP contribution in [0.1, 0.15) is 63.1 Å². The van der Waals surface area contributed by atoms with Gasteiger partial charge >= 0.3 is 0 Å². The highest BCUT2D eigenvalue weighted by atomic mass is 15.1. The molecule has 0 amide bonds. The third kappa shape index (κ3) is 3.64. The van der Waals surface area contributed by atoms with E-state index in [1.165, 1.54) is 0 Å². The summed E-state index contributed by atoms with van der Waals surface area (Å²) < 4.78 is 0. The summed E-state index contributed by atoms with van der Waals surface area (Å²) in [5.74, 6) is 0.287. The van der Waals surface area contributed by atoms with Crippen molar-refractivity contribution in [3.05, 3.63) is 65.2 Å². The van der Waals surface area contributed by atoms with Gasteiger partial charge in [-0.05, 0) is 60.6 Å². The van der Waals surface area contributed by atoms with Crippen molar-refractivity contribution in [3.63, 3.8) is 0 Å². The van der Waals surface area contributed by atoms with E-state index >= 15 is 0 Å². The van der Waals surface area contributed by atoms with Gasteiger partial charge in [0.25, 0.3) is 0 Å². The molecule has 0 fully saturated rings. The average molecular weight is 396 g/mol. The summed E-state index contributed by atoms with van der Waals surface area (Å²) in [6.07, 6.45) is 1.92. The van der Waals surface area contributed by atoms with Gasteiger partial charge in [-0.15, -0.1) is 0 Å². The fraction of sp³-hybridized carbons (Fsp3) is 0.333. The minimum atomic E-state index is 0.287. The molecule has 0 radical (unpaired) electrons. The Hall–Kier alpha value is -3.30. The van der Waals surface area contributed by atoms with Crippen molar-refractivity contribution >= 4 is 16.5 Å². The van der Waals surface area contributed by atoms with Crippen molar-refractivity contribution in [3.8, 4) is 23.3 Å². The average Bonchev–Trinajstić information content (AvgIpc) is 2.80. The van der Waals surface area contributed by atoms with Crippen LogP contribution in [0.5, 0.6) is 0 Å². The van der Waals surface area contributed by atoms with Crippen LogP contribution in [0.4, 0.5) is 5.69 Å². The predicted molar refractivity (Wildman–Crippen MR) is 126 cm³/mol. The zero-order valence-corrected chi connectivity index (χ0v) is 18.4. The number of rotatable bonds is 7. The lowest BCUT2D eigenvalue weighted by atomic mass is 9.83. The van der Waals surface area contributed by atoms with Gasteiger partial charge in [0.2, 0.25) is 0 Å². The number of nitriles is 2. The topological polar surface area (TPSA) is 50.8 Å². The van der Waals surface area contributed by atoms with Crippen LogP contribution in [0.2, 0.25) is 0 Å². The first-order valence-corrected chi connectivity index (χ1v) is 10.9. The van der Waals surface area contributed by atoms with Crippen molar-refractivity contribution in [1.82, 2.24) is 0 Å². The van der Waals surface area contributed by atoms with Crippen LogP contribution in [-0.4, -0.2) is 13.1 Å². The number of hydrogen-bond donors (Lipinski definition) is 0. The molecule has 0 heterocycles. The molecule has 0 N–H and O–H groups in total. The first-order chi connectivity index (χ1) is 14.6. The third-order valence-corrected chi connectivity index (χ3v) is 6.14. The van der Waals surface area contributed by atoms with E-state index in [-0.39, 0.29) is 5.92 Å². The monoisotopic (exact) mass is 395 g/mol. The lowest BCUT2D eigenvalue weighted by molar-refractivity contribution is 0.640. The van der Waals surface area contributed by atoms with E-state index in [0.717, 1.165) is 59.1 Å². The van der Waals surface area contributed by atoms with E-state index in [9.17, 15) is 10.5 Å². The molecule has 0 spiro atoms. The molecule has 3 nitrogen and oxygen atoms in total. The number of hydrogen-bond acceptors (Lipinski definition) is 3. The van der Waals surface area contributed by atoms with E-state index in [1.54, 1.807) is 0 Å². The van der Waals surface area contributed by atoms with Crippen molar-refractivity contribution < 1.29 is 0 Å². The van der Waals surface area contributed by atoms with Gasteiger partial charge in [-0.25, -0.2) is 0 Å². The molecule has 3 aromatic carbocycles. The summed E-state index contributed by atoms with van der Waals surface area (Å²) in [5, 5.41) is 22.7. The van der Waals surface area contributed by atoms with Crippen LogP contribution >= 0.6 is 0 Å². The molecular formula is C27H29N3. The molecular weight excluding hydrogens is 366 g/mol. The molecule has 30 heavy (non-hydrogen) atoms. The Balaban J connectivity index is 2.49. The Kier molecular flexibility index (Phi) is 6.76. The summed E-state index contributed by atoms with van der Waals surface area (Å²) in [6, 6.07) is 21.6. The Morgan fingerprint density at radius 2 is 1.43 bits per heavy atom. The highest BCUT2D eigenvalue weighted by Crippen LogP contribution is 2.42. The second-order valence-corrected chi connectivity index (χ2v) is 7.55. The standard InChI is InChI=1S/C27H29N3/c1-5-19(6-2)23-16-24(22-15-11-13-20-12-9-10-14-21(20)22)26(18-29)27(25(23)17-28)30(7-3)8-4/h9-16,19H,5-8H2,1-4H3. The molecule has 0 aliphatic rings. The Morgan fingerprint density at radius 1 is 0.800 bits per heavy atom. The molecule has 0 aliphatic carbocycles. The quantitative estimate of drug-likeness (QED) is 0.433. The lowest BCUT2D eigenvalue weighted by Crippen LogP contribution is -2.25. The maximum atomic E-state index is 10.3. The van der Waals surface area contributed by atoms with Gasteiger partial charge in [-0.2, -0.15) is 10.5 Å². The second-order valence-electron chi connectivity index (χ2n) is 7.55. The first kappa shape index (κ1) is 21.4. The van der Waals surface area contributed by atoms with Gasteiger partial charge in [0.15, 0.2) is 0 Å². The van der Waals surface area contributed by atoms with Gasteiger partial charge in [-0.3, -0.25) is 0 Å². The van der Waals surface area contributed by atoms with E-state index in [1.807, 2.05) is 18.2 Å². The second kappa shape index (κ2) is 9.47. The van der Waals surface area contributed by atoms with Crippen LogP contribution in [0.3, 0.4) is 0 Å². The molecule has 0 unspecified atom stereocenters. The largest absolute Gasteiger partial charge is 0.370 e. The molecule has 0 aliphatic heterocycles. The summed E-state index contributed by atoms with van der Waals surface area (Å²) >= 11 is 0.